The van der Waals surface area contributed by atoms with Crippen molar-refractivity contribution in [2.75, 3.05) is 24.5 Å². The van der Waals surface area contributed by atoms with Gasteiger partial charge in [-0.2, -0.15) is 4.52 Å². The van der Waals surface area contributed by atoms with E-state index in [0.29, 0.717) is 17.9 Å². The van der Waals surface area contributed by atoms with E-state index < -0.39 is 0 Å². The summed E-state index contributed by atoms with van der Waals surface area (Å²) in [6.07, 6.45) is 7.45. The Morgan fingerprint density at radius 2 is 2.07 bits per heavy atom. The zero-order valence-corrected chi connectivity index (χ0v) is 15.6. The highest BCUT2D eigenvalue weighted by molar-refractivity contribution is 5.47. The first-order valence-corrected chi connectivity index (χ1v) is 9.88. The zero-order valence-electron chi connectivity index (χ0n) is 15.6. The van der Waals surface area contributed by atoms with Gasteiger partial charge in [-0.05, 0) is 43.5 Å². The molecule has 0 amide bonds. The van der Waals surface area contributed by atoms with E-state index in [1.54, 1.807) is 0 Å². The van der Waals surface area contributed by atoms with Crippen LogP contribution in [0.5, 0.6) is 0 Å². The Hall–Kier alpha value is -2.54. The van der Waals surface area contributed by atoms with Crippen LogP contribution in [0.2, 0.25) is 0 Å². The molecule has 0 spiro atoms. The minimum Gasteiger partial charge on any atom is -0.354 e. The van der Waals surface area contributed by atoms with E-state index in [0.717, 1.165) is 36.9 Å². The molecule has 1 saturated carbocycles. The fraction of sp³-hybridized carbons (Fsp3) is 0.500. The number of rotatable bonds is 6. The van der Waals surface area contributed by atoms with Crippen molar-refractivity contribution in [2.45, 2.75) is 38.1 Å². The summed E-state index contributed by atoms with van der Waals surface area (Å²) >= 11 is 0. The van der Waals surface area contributed by atoms with Gasteiger partial charge in [-0.15, -0.1) is 15.3 Å². The molecule has 0 radical (unpaired) electrons. The lowest BCUT2D eigenvalue weighted by Gasteiger charge is -2.40. The van der Waals surface area contributed by atoms with E-state index in [-0.39, 0.29) is 0 Å². The van der Waals surface area contributed by atoms with Crippen molar-refractivity contribution in [3.63, 3.8) is 0 Å². The predicted octanol–water partition coefficient (Wildman–Crippen LogP) is 2.57. The maximum absolute atomic E-state index is 4.83. The molecule has 1 aliphatic carbocycles. The van der Waals surface area contributed by atoms with Crippen LogP contribution < -0.4 is 10.2 Å². The minimum absolute atomic E-state index is 0.323. The normalized spacial score (nSPS) is 19.1. The van der Waals surface area contributed by atoms with Crippen LogP contribution >= 0.6 is 0 Å². The van der Waals surface area contributed by atoms with Gasteiger partial charge in [0.15, 0.2) is 11.5 Å². The van der Waals surface area contributed by atoms with Crippen LogP contribution in [0, 0.1) is 5.92 Å². The van der Waals surface area contributed by atoms with E-state index in [1.807, 2.05) is 29.0 Å². The van der Waals surface area contributed by atoms with Gasteiger partial charge >= 0.3 is 0 Å². The zero-order chi connectivity index (χ0) is 18.2. The number of anilines is 1. The van der Waals surface area contributed by atoms with Crippen molar-refractivity contribution < 1.29 is 0 Å². The monoisotopic (exact) mass is 363 g/mol. The van der Waals surface area contributed by atoms with Crippen LogP contribution in [0.3, 0.4) is 0 Å². The van der Waals surface area contributed by atoms with Gasteiger partial charge in [0.2, 0.25) is 0 Å². The summed E-state index contributed by atoms with van der Waals surface area (Å²) in [5.74, 6) is 3.24. The first kappa shape index (κ1) is 16.6. The molecule has 5 rings (SSSR count). The lowest BCUT2D eigenvalue weighted by molar-refractivity contribution is 0.364. The Bertz CT molecular complexity index is 912. The quantitative estimate of drug-likeness (QED) is 0.726. The third kappa shape index (κ3) is 3.16. The van der Waals surface area contributed by atoms with E-state index in [1.165, 1.54) is 24.8 Å². The Balaban J connectivity index is 1.19. The molecule has 1 unspecified atom stereocenters. The SMILES string of the molecule is CC(NCC1CN(c2ccc3nnc(C4CCC4)n3n2)C1)c1cccnc1. The Morgan fingerprint density at radius 3 is 2.81 bits per heavy atom. The van der Waals surface area contributed by atoms with Crippen molar-refractivity contribution in [2.24, 2.45) is 5.92 Å². The number of fused-ring (bicyclic) bond motifs is 1. The average molecular weight is 363 g/mol. The van der Waals surface area contributed by atoms with Crippen LogP contribution in [0.1, 0.15) is 49.5 Å². The lowest BCUT2D eigenvalue weighted by atomic mass is 9.85. The van der Waals surface area contributed by atoms with Gasteiger partial charge in [0.05, 0.1) is 0 Å². The highest BCUT2D eigenvalue weighted by Gasteiger charge is 2.29. The van der Waals surface area contributed by atoms with Gasteiger partial charge in [0.25, 0.3) is 0 Å². The molecule has 1 saturated heterocycles. The number of hydrogen-bond donors (Lipinski definition) is 1. The van der Waals surface area contributed by atoms with Gasteiger partial charge in [0.1, 0.15) is 5.82 Å². The van der Waals surface area contributed by atoms with Crippen molar-refractivity contribution in [1.29, 1.82) is 0 Å². The Kier molecular flexibility index (Phi) is 4.24. The third-order valence-corrected chi connectivity index (χ3v) is 5.92. The minimum atomic E-state index is 0.323. The van der Waals surface area contributed by atoms with Crippen molar-refractivity contribution in [3.8, 4) is 0 Å². The van der Waals surface area contributed by atoms with Crippen molar-refractivity contribution in [3.05, 3.63) is 48.0 Å². The van der Waals surface area contributed by atoms with Crippen LogP contribution in [0.25, 0.3) is 5.65 Å². The molecule has 4 heterocycles. The molecule has 7 nitrogen and oxygen atoms in total. The topological polar surface area (TPSA) is 71.2 Å². The third-order valence-electron chi connectivity index (χ3n) is 5.92. The Morgan fingerprint density at radius 1 is 1.19 bits per heavy atom. The number of nitrogens with zero attached hydrogens (tertiary/aromatic N) is 6. The number of pyridine rings is 1. The summed E-state index contributed by atoms with van der Waals surface area (Å²) in [6, 6.07) is 8.53. The fourth-order valence-electron chi connectivity index (χ4n) is 3.86. The first-order valence-electron chi connectivity index (χ1n) is 9.88. The molecule has 0 aromatic carbocycles. The van der Waals surface area contributed by atoms with Gasteiger partial charge in [-0.3, -0.25) is 4.98 Å². The van der Waals surface area contributed by atoms with Crippen molar-refractivity contribution >= 4 is 11.5 Å². The van der Waals surface area contributed by atoms with E-state index in [4.69, 9.17) is 5.10 Å². The molecule has 3 aromatic heterocycles. The molecule has 3 aromatic rings. The maximum Gasteiger partial charge on any atom is 0.178 e. The molecule has 0 bridgehead atoms. The lowest BCUT2D eigenvalue weighted by Crippen LogP contribution is -2.51. The molecule has 1 atom stereocenters. The number of hydrogen-bond acceptors (Lipinski definition) is 6. The Labute approximate surface area is 158 Å². The fourth-order valence-corrected chi connectivity index (χ4v) is 3.86. The number of nitrogens with one attached hydrogen (secondary N) is 1. The summed E-state index contributed by atoms with van der Waals surface area (Å²) in [5, 5.41) is 17.1. The van der Waals surface area contributed by atoms with Crippen LogP contribution in [-0.4, -0.2) is 44.4 Å². The molecule has 27 heavy (non-hydrogen) atoms. The second-order valence-corrected chi connectivity index (χ2v) is 7.83. The summed E-state index contributed by atoms with van der Waals surface area (Å²) in [5.41, 5.74) is 2.08. The van der Waals surface area contributed by atoms with Gasteiger partial charge < -0.3 is 10.2 Å². The highest BCUT2D eigenvalue weighted by Crippen LogP contribution is 2.35. The molecule has 7 heteroatoms. The standard InChI is InChI=1S/C20H25N7/c1-14(17-6-3-9-21-11-17)22-10-15-12-26(13-15)19-8-7-18-23-24-20(27(18)25-19)16-4-2-5-16/h3,6-9,11,14-16,22H,2,4-5,10,12-13H2,1H3. The predicted molar refractivity (Wildman–Crippen MR) is 104 cm³/mol. The summed E-state index contributed by atoms with van der Waals surface area (Å²) in [7, 11) is 0. The second-order valence-electron chi connectivity index (χ2n) is 7.83. The van der Waals surface area contributed by atoms with Gasteiger partial charge in [-0.1, -0.05) is 12.5 Å². The molecule has 2 aliphatic rings. The van der Waals surface area contributed by atoms with E-state index in [2.05, 4.69) is 44.5 Å². The van der Waals surface area contributed by atoms with Gasteiger partial charge in [-0.25, -0.2) is 0 Å². The van der Waals surface area contributed by atoms with Gasteiger partial charge in [0, 0.05) is 49.9 Å². The van der Waals surface area contributed by atoms with Crippen LogP contribution in [-0.2, 0) is 0 Å². The molecular formula is C20H25N7. The molecule has 1 aliphatic heterocycles. The highest BCUT2D eigenvalue weighted by atomic mass is 15.4. The van der Waals surface area contributed by atoms with Crippen molar-refractivity contribution in [1.82, 2.24) is 30.1 Å². The molecular weight excluding hydrogens is 338 g/mol. The summed E-state index contributed by atoms with van der Waals surface area (Å²) in [4.78, 5) is 6.54. The molecule has 1 N–H and O–H groups in total. The molecule has 2 fully saturated rings. The summed E-state index contributed by atoms with van der Waals surface area (Å²) < 4.78 is 1.95. The van der Waals surface area contributed by atoms with Crippen LogP contribution in [0.15, 0.2) is 36.7 Å². The second kappa shape index (κ2) is 6.88. The number of aromatic nitrogens is 5. The maximum atomic E-state index is 4.83. The average Bonchev–Trinajstić information content (AvgIpc) is 3.02. The van der Waals surface area contributed by atoms with E-state index >= 15 is 0 Å². The van der Waals surface area contributed by atoms with E-state index in [9.17, 15) is 0 Å². The van der Waals surface area contributed by atoms with Crippen LogP contribution in [0.4, 0.5) is 5.82 Å². The molecule has 140 valence electrons. The summed E-state index contributed by atoms with van der Waals surface area (Å²) in [6.45, 7) is 5.27. The smallest absolute Gasteiger partial charge is 0.178 e. The first-order chi connectivity index (χ1) is 13.3. The largest absolute Gasteiger partial charge is 0.354 e.